The van der Waals surface area contributed by atoms with Gasteiger partial charge in [0.15, 0.2) is 5.17 Å². The zero-order valence-electron chi connectivity index (χ0n) is 12.2. The Hall–Kier alpha value is -1.66. The average molecular weight is 305 g/mol. The first kappa shape index (κ1) is 15.7. The molecule has 2 rings (SSSR count). The maximum atomic E-state index is 11.0. The summed E-state index contributed by atoms with van der Waals surface area (Å²) >= 11 is 1.36. The minimum atomic E-state index is -0.0295. The summed E-state index contributed by atoms with van der Waals surface area (Å²) in [5, 5.41) is 11.1. The van der Waals surface area contributed by atoms with Crippen molar-refractivity contribution >= 4 is 29.1 Å². The molecule has 21 heavy (non-hydrogen) atoms. The Bertz CT molecular complexity index is 558. The Morgan fingerprint density at radius 2 is 2.38 bits per heavy atom. The summed E-state index contributed by atoms with van der Waals surface area (Å²) in [5.41, 5.74) is 2.06. The van der Waals surface area contributed by atoms with E-state index in [1.165, 1.54) is 11.8 Å². The van der Waals surface area contributed by atoms with Gasteiger partial charge in [0.2, 0.25) is 5.91 Å². The predicted octanol–water partition coefficient (Wildman–Crippen LogP) is 2.55. The van der Waals surface area contributed by atoms with E-state index < -0.39 is 0 Å². The monoisotopic (exact) mass is 305 g/mol. The summed E-state index contributed by atoms with van der Waals surface area (Å²) in [6, 6.07) is 7.97. The summed E-state index contributed by atoms with van der Waals surface area (Å²) < 4.78 is 5.71. The summed E-state index contributed by atoms with van der Waals surface area (Å²) in [7, 11) is 0. The second-order valence-corrected chi connectivity index (χ2v) is 5.73. The number of thioether (sulfide) groups is 1. The van der Waals surface area contributed by atoms with Crippen LogP contribution in [0.15, 0.2) is 34.5 Å². The van der Waals surface area contributed by atoms with E-state index in [9.17, 15) is 4.79 Å². The molecule has 5 nitrogen and oxygen atoms in total. The number of rotatable bonds is 6. The number of nitrogens with one attached hydrogen (secondary N) is 1. The number of ether oxygens (including phenoxy) is 1. The largest absolute Gasteiger partial charge is 0.374 e. The highest BCUT2D eigenvalue weighted by molar-refractivity contribution is 8.15. The van der Waals surface area contributed by atoms with Crippen LogP contribution in [0.5, 0.6) is 0 Å². The van der Waals surface area contributed by atoms with Crippen LogP contribution in [0.3, 0.4) is 0 Å². The van der Waals surface area contributed by atoms with Gasteiger partial charge in [0, 0.05) is 0 Å². The molecule has 1 N–H and O–H groups in total. The van der Waals surface area contributed by atoms with Gasteiger partial charge in [-0.15, -0.1) is 5.10 Å². The number of amides is 1. The minimum Gasteiger partial charge on any atom is -0.374 e. The van der Waals surface area contributed by atoms with Crippen LogP contribution in [0.1, 0.15) is 31.4 Å². The molecule has 1 fully saturated rings. The highest BCUT2D eigenvalue weighted by Crippen LogP contribution is 2.10. The third kappa shape index (κ3) is 5.32. The molecule has 0 saturated carbocycles. The minimum absolute atomic E-state index is 0.0295. The van der Waals surface area contributed by atoms with Crippen LogP contribution in [0.4, 0.5) is 0 Å². The maximum Gasteiger partial charge on any atom is 0.236 e. The van der Waals surface area contributed by atoms with E-state index in [1.807, 2.05) is 24.3 Å². The van der Waals surface area contributed by atoms with Crippen molar-refractivity contribution in [3.63, 3.8) is 0 Å². The maximum absolute atomic E-state index is 11.0. The molecule has 1 aliphatic rings. The molecular weight excluding hydrogens is 286 g/mol. The molecule has 0 aromatic heterocycles. The third-order valence-corrected chi connectivity index (χ3v) is 3.87. The Morgan fingerprint density at radius 1 is 1.52 bits per heavy atom. The fraction of sp³-hybridized carbons (Fsp3) is 0.400. The predicted molar refractivity (Wildman–Crippen MR) is 86.6 cm³/mol. The van der Waals surface area contributed by atoms with E-state index in [4.69, 9.17) is 4.74 Å². The molecule has 0 aliphatic carbocycles. The first-order valence-electron chi connectivity index (χ1n) is 6.91. The lowest BCUT2D eigenvalue weighted by atomic mass is 10.1. The van der Waals surface area contributed by atoms with E-state index in [0.717, 1.165) is 17.5 Å². The van der Waals surface area contributed by atoms with Gasteiger partial charge in [0.05, 0.1) is 24.7 Å². The molecular formula is C15H19N3O2S. The molecule has 1 atom stereocenters. The van der Waals surface area contributed by atoms with Crippen molar-refractivity contribution in [2.75, 3.05) is 5.75 Å². The fourth-order valence-corrected chi connectivity index (χ4v) is 2.28. The molecule has 0 spiro atoms. The second-order valence-electron chi connectivity index (χ2n) is 4.76. The van der Waals surface area contributed by atoms with Crippen LogP contribution in [0.2, 0.25) is 0 Å². The van der Waals surface area contributed by atoms with Crippen LogP contribution in [-0.2, 0) is 16.1 Å². The number of carbonyl (C=O) groups excluding carboxylic acids is 1. The first-order chi connectivity index (χ1) is 10.2. The van der Waals surface area contributed by atoms with Gasteiger partial charge in [0.1, 0.15) is 0 Å². The van der Waals surface area contributed by atoms with Gasteiger partial charge >= 0.3 is 0 Å². The van der Waals surface area contributed by atoms with Crippen LogP contribution in [0, 0.1) is 0 Å². The normalized spacial score (nSPS) is 18.4. The van der Waals surface area contributed by atoms with E-state index in [1.54, 1.807) is 6.21 Å². The Balaban J connectivity index is 1.93. The molecule has 1 aromatic carbocycles. The number of benzene rings is 1. The number of hydrogen-bond donors (Lipinski definition) is 1. The van der Waals surface area contributed by atoms with Crippen molar-refractivity contribution in [3.05, 3.63) is 35.4 Å². The van der Waals surface area contributed by atoms with Crippen molar-refractivity contribution in [1.82, 2.24) is 5.32 Å². The van der Waals surface area contributed by atoms with Gasteiger partial charge in [0.25, 0.3) is 0 Å². The lowest BCUT2D eigenvalue weighted by Crippen LogP contribution is -2.19. The number of amidine groups is 1. The van der Waals surface area contributed by atoms with Crippen LogP contribution in [-0.4, -0.2) is 29.1 Å². The SMILES string of the molecule is CCC(C)OCc1cccc(C=NN=C2NC(=O)CS2)c1. The summed E-state index contributed by atoms with van der Waals surface area (Å²) in [6.07, 6.45) is 2.93. The molecule has 1 aliphatic heterocycles. The lowest BCUT2D eigenvalue weighted by molar-refractivity contribution is -0.116. The molecule has 0 bridgehead atoms. The third-order valence-electron chi connectivity index (χ3n) is 3.00. The van der Waals surface area contributed by atoms with Crippen LogP contribution >= 0.6 is 11.8 Å². The smallest absolute Gasteiger partial charge is 0.236 e. The lowest BCUT2D eigenvalue weighted by Gasteiger charge is -2.10. The van der Waals surface area contributed by atoms with E-state index in [-0.39, 0.29) is 12.0 Å². The van der Waals surface area contributed by atoms with Crippen LogP contribution < -0.4 is 5.32 Å². The zero-order valence-corrected chi connectivity index (χ0v) is 13.0. The summed E-state index contributed by atoms with van der Waals surface area (Å²) in [4.78, 5) is 11.0. The molecule has 6 heteroatoms. The Morgan fingerprint density at radius 3 is 3.10 bits per heavy atom. The van der Waals surface area contributed by atoms with Gasteiger partial charge in [-0.2, -0.15) is 5.10 Å². The van der Waals surface area contributed by atoms with Gasteiger partial charge in [-0.1, -0.05) is 36.9 Å². The standard InChI is InChI=1S/C15H19N3O2S/c1-3-11(2)20-9-13-6-4-5-12(7-13)8-16-18-15-17-14(19)10-21-15/h4-8,11H,3,9-10H2,1-2H3,(H,17,18,19). The average Bonchev–Trinajstić information content (AvgIpc) is 2.91. The molecule has 1 unspecified atom stereocenters. The molecule has 112 valence electrons. The van der Waals surface area contributed by atoms with Gasteiger partial charge in [-0.05, 0) is 30.5 Å². The van der Waals surface area contributed by atoms with E-state index >= 15 is 0 Å². The molecule has 1 heterocycles. The zero-order chi connectivity index (χ0) is 15.1. The molecule has 1 saturated heterocycles. The molecule has 0 radical (unpaired) electrons. The topological polar surface area (TPSA) is 63.1 Å². The number of hydrogen-bond acceptors (Lipinski definition) is 5. The van der Waals surface area contributed by atoms with Gasteiger partial charge in [-0.3, -0.25) is 4.79 Å². The summed E-state index contributed by atoms with van der Waals surface area (Å²) in [6.45, 7) is 4.76. The van der Waals surface area contributed by atoms with Crippen molar-refractivity contribution in [2.45, 2.75) is 33.0 Å². The first-order valence-corrected chi connectivity index (χ1v) is 7.90. The highest BCUT2D eigenvalue weighted by Gasteiger charge is 2.15. The molecule has 1 aromatic rings. The Labute approximate surface area is 128 Å². The second kappa shape index (κ2) is 7.95. The van der Waals surface area contributed by atoms with E-state index in [0.29, 0.717) is 17.5 Å². The highest BCUT2D eigenvalue weighted by atomic mass is 32.2. The van der Waals surface area contributed by atoms with Crippen LogP contribution in [0.25, 0.3) is 0 Å². The van der Waals surface area contributed by atoms with Crippen molar-refractivity contribution in [2.24, 2.45) is 10.2 Å². The number of nitrogens with zero attached hydrogens (tertiary/aromatic N) is 2. The van der Waals surface area contributed by atoms with Gasteiger partial charge < -0.3 is 10.1 Å². The molecule has 1 amide bonds. The van der Waals surface area contributed by atoms with Gasteiger partial charge in [-0.25, -0.2) is 0 Å². The van der Waals surface area contributed by atoms with Crippen molar-refractivity contribution < 1.29 is 9.53 Å². The number of carbonyl (C=O) groups is 1. The van der Waals surface area contributed by atoms with Crippen molar-refractivity contribution in [1.29, 1.82) is 0 Å². The van der Waals surface area contributed by atoms with E-state index in [2.05, 4.69) is 29.4 Å². The quantitative estimate of drug-likeness (QED) is 0.649. The fourth-order valence-electron chi connectivity index (χ4n) is 1.65. The summed E-state index contributed by atoms with van der Waals surface area (Å²) in [5.74, 6) is 0.384. The van der Waals surface area contributed by atoms with Crippen molar-refractivity contribution in [3.8, 4) is 0 Å². The Kier molecular flexibility index (Phi) is 5.95.